The van der Waals surface area contributed by atoms with E-state index in [1.165, 1.54) is 18.4 Å². The number of carbonyl (C=O) groups is 2. The van der Waals surface area contributed by atoms with E-state index < -0.39 is 18.1 Å². The summed E-state index contributed by atoms with van der Waals surface area (Å²) in [5, 5.41) is 15.7. The number of nitrogens with one attached hydrogen (secondary N) is 1. The van der Waals surface area contributed by atoms with Gasteiger partial charge in [0.25, 0.3) is 5.91 Å². The number of nitrogens with zero attached hydrogens (tertiary/aromatic N) is 2. The summed E-state index contributed by atoms with van der Waals surface area (Å²) in [6.45, 7) is 3.76. The summed E-state index contributed by atoms with van der Waals surface area (Å²) < 4.78 is 4.84. The van der Waals surface area contributed by atoms with E-state index >= 15 is 0 Å². The molecule has 36 heavy (non-hydrogen) atoms. The molecule has 6 N–H and O–H groups in total. The smallest absolute Gasteiger partial charge is 0.337 e. The molecular weight excluding hydrogens is 478 g/mol. The molecule has 0 saturated carbocycles. The minimum absolute atomic E-state index is 0.0670. The van der Waals surface area contributed by atoms with Gasteiger partial charge in [-0.2, -0.15) is 0 Å². The number of carbonyl (C=O) groups excluding carboxylic acids is 2. The van der Waals surface area contributed by atoms with E-state index in [2.05, 4.69) is 12.2 Å². The van der Waals surface area contributed by atoms with Gasteiger partial charge in [-0.1, -0.05) is 25.5 Å². The Labute approximate surface area is 214 Å². The number of fused-ring (bicyclic) bond motifs is 1. The first-order chi connectivity index (χ1) is 17.3. The van der Waals surface area contributed by atoms with Crippen molar-refractivity contribution >= 4 is 44.9 Å². The third-order valence-corrected chi connectivity index (χ3v) is 7.68. The van der Waals surface area contributed by atoms with Crippen LogP contribution in [0.25, 0.3) is 10.2 Å². The highest BCUT2D eigenvalue weighted by Crippen LogP contribution is 2.38. The summed E-state index contributed by atoms with van der Waals surface area (Å²) in [5.74, 6) is -0.342. The molecule has 1 aliphatic rings. The third kappa shape index (κ3) is 5.30. The molecule has 9 nitrogen and oxygen atoms in total. The molecule has 1 unspecified atom stereocenters. The molecule has 1 aromatic carbocycles. The van der Waals surface area contributed by atoms with Crippen LogP contribution in [-0.4, -0.2) is 54.4 Å². The van der Waals surface area contributed by atoms with E-state index in [9.17, 15) is 14.7 Å². The molecule has 10 heteroatoms. The van der Waals surface area contributed by atoms with Crippen LogP contribution in [0, 0.1) is 0 Å². The van der Waals surface area contributed by atoms with Crippen LogP contribution in [0.1, 0.15) is 57.3 Å². The predicted octanol–water partition coefficient (Wildman–Crippen LogP) is 2.84. The molecule has 1 saturated heterocycles. The van der Waals surface area contributed by atoms with Crippen LogP contribution >= 0.6 is 11.3 Å². The number of anilines is 2. The van der Waals surface area contributed by atoms with Crippen molar-refractivity contribution in [2.24, 2.45) is 5.73 Å². The van der Waals surface area contributed by atoms with E-state index in [0.717, 1.165) is 55.3 Å². The predicted molar refractivity (Wildman–Crippen MR) is 142 cm³/mol. The van der Waals surface area contributed by atoms with Gasteiger partial charge in [-0.05, 0) is 61.7 Å². The molecular formula is C26H33N5O4S. The van der Waals surface area contributed by atoms with Gasteiger partial charge in [0, 0.05) is 17.8 Å². The molecule has 1 atom stereocenters. The Morgan fingerprint density at radius 1 is 1.31 bits per heavy atom. The Kier molecular flexibility index (Phi) is 8.07. The lowest BCUT2D eigenvalue weighted by atomic mass is 10.0. The fourth-order valence-corrected chi connectivity index (χ4v) is 5.88. The second-order valence-electron chi connectivity index (χ2n) is 9.04. The quantitative estimate of drug-likeness (QED) is 0.254. The lowest BCUT2D eigenvalue weighted by Gasteiger charge is -2.39. The lowest BCUT2D eigenvalue weighted by molar-refractivity contribution is 0.0600. The van der Waals surface area contributed by atoms with Gasteiger partial charge in [0.15, 0.2) is 0 Å². The normalized spacial score (nSPS) is 15.1. The molecule has 1 aliphatic heterocycles. The Hall–Kier alpha value is -3.21. The first-order valence-electron chi connectivity index (χ1n) is 12.2. The number of esters is 1. The maximum absolute atomic E-state index is 12.0. The van der Waals surface area contributed by atoms with Crippen molar-refractivity contribution in [3.05, 3.63) is 51.9 Å². The molecule has 192 valence electrons. The number of piperidine rings is 1. The fraction of sp³-hybridized carbons (Fsp3) is 0.423. The van der Waals surface area contributed by atoms with Gasteiger partial charge in [0.1, 0.15) is 21.8 Å². The monoisotopic (exact) mass is 511 g/mol. The number of rotatable bonds is 9. The van der Waals surface area contributed by atoms with Crippen molar-refractivity contribution in [1.29, 1.82) is 0 Å². The standard InChI is InChI=1S/C26H33N5O4S/c1-3-5-16-14-19(30-25-21(16)22(27)23(36-25)24(28)33)31(18-8-10-29-11-9-18)20(32)13-15-6-4-7-17(12-15)26(34)35-2/h4,6-7,12,14,18,20,29,32H,3,5,8-11,13,27H2,1-2H3,(H2,28,33). The molecule has 3 heterocycles. The Balaban J connectivity index is 1.77. The molecule has 4 rings (SSSR count). The van der Waals surface area contributed by atoms with Crippen LogP contribution in [0.2, 0.25) is 0 Å². The van der Waals surface area contributed by atoms with Crippen LogP contribution in [0.5, 0.6) is 0 Å². The maximum Gasteiger partial charge on any atom is 0.337 e. The fourth-order valence-electron chi connectivity index (χ4n) is 4.89. The van der Waals surface area contributed by atoms with Gasteiger partial charge in [-0.15, -0.1) is 11.3 Å². The summed E-state index contributed by atoms with van der Waals surface area (Å²) in [5.41, 5.74) is 14.5. The van der Waals surface area contributed by atoms with Gasteiger partial charge in [0.2, 0.25) is 0 Å². The zero-order valence-electron chi connectivity index (χ0n) is 20.6. The first kappa shape index (κ1) is 25.9. The lowest BCUT2D eigenvalue weighted by Crippen LogP contribution is -2.49. The van der Waals surface area contributed by atoms with Crippen LogP contribution in [0.4, 0.5) is 11.5 Å². The van der Waals surface area contributed by atoms with Crippen molar-refractivity contribution in [3.63, 3.8) is 0 Å². The van der Waals surface area contributed by atoms with Gasteiger partial charge in [-0.25, -0.2) is 9.78 Å². The molecule has 0 bridgehead atoms. The number of aromatic nitrogens is 1. The molecule has 0 spiro atoms. The second-order valence-corrected chi connectivity index (χ2v) is 10.0. The summed E-state index contributed by atoms with van der Waals surface area (Å²) >= 11 is 1.19. The molecule has 0 aliphatic carbocycles. The van der Waals surface area contributed by atoms with Crippen molar-refractivity contribution < 1.29 is 19.4 Å². The molecule has 1 fully saturated rings. The number of primary amides is 1. The highest BCUT2D eigenvalue weighted by atomic mass is 32.1. The van der Waals surface area contributed by atoms with Crippen LogP contribution < -0.4 is 21.7 Å². The number of nitrogens with two attached hydrogens (primary N) is 2. The number of ether oxygens (including phenoxy) is 1. The summed E-state index contributed by atoms with van der Waals surface area (Å²) in [6.07, 6.45) is 2.76. The number of aliphatic hydroxyl groups is 1. The van der Waals surface area contributed by atoms with Gasteiger partial charge in [0.05, 0.1) is 18.4 Å². The Bertz CT molecular complexity index is 1250. The number of methoxy groups -OCH3 is 1. The van der Waals surface area contributed by atoms with Gasteiger partial charge >= 0.3 is 5.97 Å². The number of aliphatic hydroxyl groups excluding tert-OH is 1. The molecule has 0 radical (unpaired) electrons. The van der Waals surface area contributed by atoms with Gasteiger partial charge < -0.3 is 31.5 Å². The number of nitrogen functional groups attached to an aromatic ring is 1. The number of amides is 1. The number of hydrogen-bond donors (Lipinski definition) is 4. The summed E-state index contributed by atoms with van der Waals surface area (Å²) in [4.78, 5) is 31.8. The molecule has 2 aromatic heterocycles. The largest absolute Gasteiger partial charge is 0.465 e. The molecule has 1 amide bonds. The highest BCUT2D eigenvalue weighted by Gasteiger charge is 2.30. The van der Waals surface area contributed by atoms with Crippen LogP contribution in [-0.2, 0) is 17.6 Å². The summed E-state index contributed by atoms with van der Waals surface area (Å²) in [7, 11) is 1.35. The Morgan fingerprint density at radius 2 is 2.06 bits per heavy atom. The number of benzene rings is 1. The average molecular weight is 512 g/mol. The third-order valence-electron chi connectivity index (χ3n) is 6.56. The van der Waals surface area contributed by atoms with E-state index in [1.54, 1.807) is 18.2 Å². The van der Waals surface area contributed by atoms with E-state index in [-0.39, 0.29) is 6.04 Å². The van der Waals surface area contributed by atoms with E-state index in [4.69, 9.17) is 21.2 Å². The SMILES string of the molecule is CCCc1cc(N(C(O)Cc2cccc(C(=O)OC)c2)C2CCNCC2)nc2sc(C(N)=O)c(N)c12. The highest BCUT2D eigenvalue weighted by molar-refractivity contribution is 7.21. The number of thiophene rings is 1. The van der Waals surface area contributed by atoms with Crippen molar-refractivity contribution in [3.8, 4) is 0 Å². The van der Waals surface area contributed by atoms with E-state index in [1.807, 2.05) is 17.0 Å². The van der Waals surface area contributed by atoms with E-state index in [0.29, 0.717) is 33.2 Å². The minimum Gasteiger partial charge on any atom is -0.465 e. The summed E-state index contributed by atoms with van der Waals surface area (Å²) in [6, 6.07) is 9.15. The molecule has 3 aromatic rings. The number of hydrogen-bond acceptors (Lipinski definition) is 9. The number of pyridine rings is 1. The van der Waals surface area contributed by atoms with Crippen molar-refractivity contribution in [2.75, 3.05) is 30.8 Å². The maximum atomic E-state index is 12.0. The van der Waals surface area contributed by atoms with Crippen LogP contribution in [0.15, 0.2) is 30.3 Å². The topological polar surface area (TPSA) is 144 Å². The van der Waals surface area contributed by atoms with Gasteiger partial charge in [-0.3, -0.25) is 4.79 Å². The van der Waals surface area contributed by atoms with Crippen molar-refractivity contribution in [1.82, 2.24) is 10.3 Å². The average Bonchev–Trinajstić information content (AvgIpc) is 3.21. The zero-order valence-corrected chi connectivity index (χ0v) is 21.4. The zero-order chi connectivity index (χ0) is 25.8. The minimum atomic E-state index is -0.881. The van der Waals surface area contributed by atoms with Crippen LogP contribution in [0.3, 0.4) is 0 Å². The first-order valence-corrected chi connectivity index (χ1v) is 13.0. The second kappa shape index (κ2) is 11.2. The van der Waals surface area contributed by atoms with Crippen molar-refractivity contribution in [2.45, 2.75) is 51.3 Å². The Morgan fingerprint density at radius 3 is 2.72 bits per heavy atom. The number of aryl methyl sites for hydroxylation is 1.